The summed E-state index contributed by atoms with van der Waals surface area (Å²) in [5.41, 5.74) is 0.293. The fourth-order valence-corrected chi connectivity index (χ4v) is 0.635. The Labute approximate surface area is 107 Å². The molecule has 2 nitrogen and oxygen atoms in total. The first kappa shape index (κ1) is 11.8. The molecule has 1 aromatic carbocycles. The Morgan fingerprint density at radius 3 is 1.91 bits per heavy atom. The molecule has 0 amide bonds. The van der Waals surface area contributed by atoms with Gasteiger partial charge in [-0.2, -0.15) is 0 Å². The third kappa shape index (κ3) is 3.80. The van der Waals surface area contributed by atoms with Crippen LogP contribution in [0.2, 0.25) is 0 Å². The minimum absolute atomic E-state index is 0. The van der Waals surface area contributed by atoms with E-state index in [2.05, 4.69) is 0 Å². The molecule has 0 unspecified atom stereocenters. The monoisotopic (exact) mass is 180 g/mol. The minimum atomic E-state index is -1.51. The first-order valence-corrected chi connectivity index (χ1v) is 2.82. The Morgan fingerprint density at radius 2 is 1.55 bits per heavy atom. The molecule has 54 valence electrons. The van der Waals surface area contributed by atoms with Gasteiger partial charge in [0.05, 0.1) is 0 Å². The van der Waals surface area contributed by atoms with E-state index in [-0.39, 0.29) is 57.2 Å². The van der Waals surface area contributed by atoms with Crippen LogP contribution in [-0.4, -0.2) is 68.6 Å². The predicted molar refractivity (Wildman–Crippen MR) is 43.4 cm³/mol. The molecule has 0 bridgehead atoms. The normalized spacial score (nSPS) is 8.64. The van der Waals surface area contributed by atoms with Crippen molar-refractivity contribution in [2.24, 2.45) is 0 Å². The van der Waals surface area contributed by atoms with E-state index in [1.54, 1.807) is 0 Å². The Morgan fingerprint density at radius 1 is 1.09 bits per heavy atom. The molecule has 2 N–H and O–H groups in total. The number of benzene rings is 1. The van der Waals surface area contributed by atoms with Gasteiger partial charge in [-0.25, -0.2) is 4.39 Å². The van der Waals surface area contributed by atoms with Crippen molar-refractivity contribution in [3.63, 3.8) is 0 Å². The van der Waals surface area contributed by atoms with Gasteiger partial charge in [0.15, 0.2) is 0 Å². The van der Waals surface area contributed by atoms with Crippen LogP contribution in [0.15, 0.2) is 24.3 Å². The van der Waals surface area contributed by atoms with Crippen molar-refractivity contribution in [2.75, 3.05) is 0 Å². The molecule has 0 radical (unpaired) electrons. The Hall–Kier alpha value is 0.771. The topological polar surface area (TPSA) is 40.5 Å². The van der Waals surface area contributed by atoms with Crippen LogP contribution < -0.4 is 5.46 Å². The molecule has 0 aliphatic rings. The first-order chi connectivity index (χ1) is 4.70. The van der Waals surface area contributed by atoms with Crippen molar-refractivity contribution in [1.82, 2.24) is 0 Å². The van der Waals surface area contributed by atoms with Crippen LogP contribution in [0.1, 0.15) is 0 Å². The maximum atomic E-state index is 12.2. The molecule has 1 aromatic rings. The summed E-state index contributed by atoms with van der Waals surface area (Å²) >= 11 is 0. The fourth-order valence-electron chi connectivity index (χ4n) is 0.635. The zero-order valence-corrected chi connectivity index (χ0v) is 5.16. The number of halogens is 1. The third-order valence-electron chi connectivity index (χ3n) is 1.17. The summed E-state index contributed by atoms with van der Waals surface area (Å²) in [6.45, 7) is 0. The molecule has 0 spiro atoms. The van der Waals surface area contributed by atoms with Crippen LogP contribution in [0.25, 0.3) is 0 Å². The van der Waals surface area contributed by atoms with Crippen LogP contribution in [0, 0.1) is 5.82 Å². The molecule has 0 saturated heterocycles. The summed E-state index contributed by atoms with van der Waals surface area (Å²) < 4.78 is 12.2. The van der Waals surface area contributed by atoms with Crippen LogP contribution in [0.4, 0.5) is 4.39 Å². The number of rotatable bonds is 1. The summed E-state index contributed by atoms with van der Waals surface area (Å²) in [7, 11) is -1.51. The van der Waals surface area contributed by atoms with Gasteiger partial charge in [0, 0.05) is 0 Å². The third-order valence-corrected chi connectivity index (χ3v) is 1.17. The molecule has 11 heavy (non-hydrogen) atoms. The second-order valence-electron chi connectivity index (χ2n) is 1.93. The van der Waals surface area contributed by atoms with Crippen LogP contribution in [-0.2, 0) is 0 Å². The summed E-state index contributed by atoms with van der Waals surface area (Å²) in [6, 6.07) is 4.99. The molecule has 0 heterocycles. The quantitative estimate of drug-likeness (QED) is 0.536. The van der Waals surface area contributed by atoms with Gasteiger partial charge >= 0.3 is 58.5 Å². The fraction of sp³-hybridized carbons (Fsp3) is 0. The van der Waals surface area contributed by atoms with Crippen LogP contribution >= 0.6 is 0 Å². The second kappa shape index (κ2) is 5.42. The maximum absolute atomic E-state index is 12.2. The van der Waals surface area contributed by atoms with Gasteiger partial charge < -0.3 is 10.0 Å². The summed E-state index contributed by atoms with van der Waals surface area (Å²) in [6.07, 6.45) is 0. The molecule has 0 atom stereocenters. The summed E-state index contributed by atoms with van der Waals surface area (Å²) in [5, 5.41) is 17.1. The van der Waals surface area contributed by atoms with E-state index in [1.165, 1.54) is 24.3 Å². The average Bonchev–Trinajstić information content (AvgIpc) is 1.88. The zero-order valence-electron chi connectivity index (χ0n) is 5.16. The molecule has 0 saturated carbocycles. The molecular formula is C6H7BFKO2. The van der Waals surface area contributed by atoms with Crippen molar-refractivity contribution in [1.29, 1.82) is 0 Å². The van der Waals surface area contributed by atoms with Crippen molar-refractivity contribution < 1.29 is 14.4 Å². The zero-order chi connectivity index (χ0) is 7.56. The number of hydrogen-bond donors (Lipinski definition) is 2. The Balaban J connectivity index is 0.000001000. The van der Waals surface area contributed by atoms with Crippen molar-refractivity contribution in [2.45, 2.75) is 0 Å². The SMILES string of the molecule is OB(O)c1ccc(F)cc1.[KH]. The van der Waals surface area contributed by atoms with Gasteiger partial charge in [-0.3, -0.25) is 0 Å². The molecule has 1 rings (SSSR count). The van der Waals surface area contributed by atoms with Crippen molar-refractivity contribution in [3.05, 3.63) is 30.1 Å². The van der Waals surface area contributed by atoms with Gasteiger partial charge in [0.1, 0.15) is 5.82 Å². The van der Waals surface area contributed by atoms with E-state index < -0.39 is 7.12 Å². The average molecular weight is 180 g/mol. The predicted octanol–water partition coefficient (Wildman–Crippen LogP) is -1.14. The molecular weight excluding hydrogens is 173 g/mol. The first-order valence-electron chi connectivity index (χ1n) is 2.82. The van der Waals surface area contributed by atoms with E-state index in [1.807, 2.05) is 0 Å². The van der Waals surface area contributed by atoms with Gasteiger partial charge in [0.2, 0.25) is 0 Å². The molecule has 0 fully saturated rings. The van der Waals surface area contributed by atoms with E-state index in [4.69, 9.17) is 10.0 Å². The molecule has 0 aliphatic carbocycles. The number of hydrogen-bond acceptors (Lipinski definition) is 2. The van der Waals surface area contributed by atoms with E-state index in [0.29, 0.717) is 5.46 Å². The van der Waals surface area contributed by atoms with E-state index in [0.717, 1.165) is 0 Å². The standard InChI is InChI=1S/C6H6BFO2.K.H/c8-6-3-1-5(2-4-6)7(9)10;;/h1-4,9-10H;;. The molecule has 5 heteroatoms. The second-order valence-corrected chi connectivity index (χ2v) is 1.93. The molecule has 0 aromatic heterocycles. The van der Waals surface area contributed by atoms with E-state index in [9.17, 15) is 4.39 Å². The van der Waals surface area contributed by atoms with Gasteiger partial charge in [-0.15, -0.1) is 0 Å². The summed E-state index contributed by atoms with van der Waals surface area (Å²) in [4.78, 5) is 0. The van der Waals surface area contributed by atoms with Gasteiger partial charge in [0.25, 0.3) is 0 Å². The molecule has 0 aliphatic heterocycles. The van der Waals surface area contributed by atoms with Gasteiger partial charge in [-0.05, 0) is 17.6 Å². The van der Waals surface area contributed by atoms with Crippen LogP contribution in [0.3, 0.4) is 0 Å². The van der Waals surface area contributed by atoms with Crippen molar-refractivity contribution >= 4 is 64.0 Å². The Bertz CT molecular complexity index is 214. The van der Waals surface area contributed by atoms with E-state index >= 15 is 0 Å². The summed E-state index contributed by atoms with van der Waals surface area (Å²) in [5.74, 6) is -0.385. The Kier molecular flexibility index (Phi) is 5.80. The van der Waals surface area contributed by atoms with Crippen molar-refractivity contribution in [3.8, 4) is 0 Å². The van der Waals surface area contributed by atoms with Crippen LogP contribution in [0.5, 0.6) is 0 Å². The van der Waals surface area contributed by atoms with Gasteiger partial charge in [-0.1, -0.05) is 12.1 Å².